The molecule has 5 heterocycles. The van der Waals surface area contributed by atoms with Crippen molar-refractivity contribution in [3.05, 3.63) is 56.7 Å². The molecule has 0 aromatic carbocycles. The lowest BCUT2D eigenvalue weighted by molar-refractivity contribution is 0.102. The lowest BCUT2D eigenvalue weighted by Crippen LogP contribution is -2.48. The van der Waals surface area contributed by atoms with Gasteiger partial charge >= 0.3 is 6.09 Å². The van der Waals surface area contributed by atoms with Crippen molar-refractivity contribution >= 4 is 52.1 Å². The Bertz CT molecular complexity index is 1640. The average molecular weight is 565 g/mol. The fourth-order valence-electron chi connectivity index (χ4n) is 4.37. The van der Waals surface area contributed by atoms with Gasteiger partial charge in [0.2, 0.25) is 0 Å². The van der Waals surface area contributed by atoms with Gasteiger partial charge in [0, 0.05) is 41.7 Å². The Kier molecular flexibility index (Phi) is 7.30. The van der Waals surface area contributed by atoms with Crippen molar-refractivity contribution in [1.82, 2.24) is 40.3 Å². The van der Waals surface area contributed by atoms with E-state index in [2.05, 4.69) is 36.2 Å². The summed E-state index contributed by atoms with van der Waals surface area (Å²) in [5, 5.41) is 30.6. The van der Waals surface area contributed by atoms with E-state index < -0.39 is 6.09 Å². The fourth-order valence-corrected chi connectivity index (χ4v) is 5.31. The molecule has 5 rings (SSSR count). The number of carboxylic acid groups (broad SMARTS) is 1. The first-order valence-electron chi connectivity index (χ1n) is 12.6. The largest absolute Gasteiger partial charge is 0.465 e. The first-order chi connectivity index (χ1) is 19.1. The number of carbonyl (C=O) groups excluding carboxylic acids is 1. The Morgan fingerprint density at radius 3 is 2.77 bits per heavy atom. The highest BCUT2D eigenvalue weighted by atomic mass is 32.1. The highest BCUT2D eigenvalue weighted by Crippen LogP contribution is 2.27. The minimum atomic E-state index is -1.11. The van der Waals surface area contributed by atoms with Gasteiger partial charge in [0.15, 0.2) is 11.0 Å². The second kappa shape index (κ2) is 10.8. The van der Waals surface area contributed by atoms with Crippen LogP contribution in [0.2, 0.25) is 0 Å². The molecule has 208 valence electrons. The number of nitrogens with zero attached hydrogens (tertiary/aromatic N) is 7. The predicted octanol–water partition coefficient (Wildman–Crippen LogP) is 2.62. The Balaban J connectivity index is 1.51. The van der Waals surface area contributed by atoms with Crippen LogP contribution in [0.5, 0.6) is 0 Å². The van der Waals surface area contributed by atoms with Gasteiger partial charge < -0.3 is 15.3 Å². The first-order valence-corrected chi connectivity index (χ1v) is 13.5. The summed E-state index contributed by atoms with van der Waals surface area (Å²) in [4.78, 5) is 49.1. The van der Waals surface area contributed by atoms with Crippen LogP contribution in [-0.4, -0.2) is 71.2 Å². The van der Waals surface area contributed by atoms with Crippen LogP contribution in [0.15, 0.2) is 28.5 Å². The molecule has 1 atom stereocenters. The number of fused-ring (bicyclic) bond motifs is 1. The Hall–Kier alpha value is -4.66. The van der Waals surface area contributed by atoms with Crippen LogP contribution in [0.1, 0.15) is 61.1 Å². The number of anilines is 2. The van der Waals surface area contributed by atoms with E-state index >= 15 is 0 Å². The second-order valence-electron chi connectivity index (χ2n) is 10.4. The standard InChI is InChI=1S/C25H28N10O4S/c1-25(2,3)17-13-40-23(27-17)29-21(36)14-8-10-35-19(11-14)28-20(34-9-4-5-15(12-34)26-24(38)39)16(22(35)37)6-7-18-30-32-33-31-18/h6-8,10-11,13,15,26H,4-5,9,12H2,1-3H3,(H,38,39)(H,27,29,36)(H,30,31,32,33)/t15-/m1/s1. The minimum Gasteiger partial charge on any atom is -0.465 e. The van der Waals surface area contributed by atoms with Crippen LogP contribution in [0, 0.1) is 0 Å². The van der Waals surface area contributed by atoms with Gasteiger partial charge in [0.1, 0.15) is 11.5 Å². The Labute approximate surface area is 232 Å². The highest BCUT2D eigenvalue weighted by Gasteiger charge is 2.26. The number of rotatable bonds is 6. The van der Waals surface area contributed by atoms with Crippen LogP contribution >= 0.6 is 11.3 Å². The number of hydrogen-bond donors (Lipinski definition) is 4. The van der Waals surface area contributed by atoms with E-state index in [1.807, 2.05) is 31.1 Å². The van der Waals surface area contributed by atoms with Crippen molar-refractivity contribution in [3.63, 3.8) is 0 Å². The van der Waals surface area contributed by atoms with Gasteiger partial charge in [-0.2, -0.15) is 5.21 Å². The SMILES string of the molecule is CC(C)(C)c1csc(NC(=O)c2ccn3c(=O)c(C=Cc4nn[nH]n4)c(N4CCC[C@@H](NC(=O)O)C4)nc3c2)n1. The quantitative estimate of drug-likeness (QED) is 0.271. The number of nitrogens with one attached hydrogen (secondary N) is 3. The highest BCUT2D eigenvalue weighted by molar-refractivity contribution is 7.14. The lowest BCUT2D eigenvalue weighted by Gasteiger charge is -2.34. The average Bonchev–Trinajstić information content (AvgIpc) is 3.60. The molecule has 14 nitrogen and oxygen atoms in total. The monoisotopic (exact) mass is 564 g/mol. The summed E-state index contributed by atoms with van der Waals surface area (Å²) in [6, 6.07) is 2.76. The zero-order valence-electron chi connectivity index (χ0n) is 22.1. The van der Waals surface area contributed by atoms with E-state index in [0.29, 0.717) is 42.4 Å². The van der Waals surface area contributed by atoms with Gasteiger partial charge in [-0.25, -0.2) is 14.8 Å². The van der Waals surface area contributed by atoms with E-state index in [1.165, 1.54) is 28.0 Å². The molecule has 0 spiro atoms. The van der Waals surface area contributed by atoms with Gasteiger partial charge in [-0.3, -0.25) is 19.3 Å². The normalized spacial score (nSPS) is 16.0. The summed E-state index contributed by atoms with van der Waals surface area (Å²) < 4.78 is 1.36. The smallest absolute Gasteiger partial charge is 0.404 e. The van der Waals surface area contributed by atoms with E-state index in [9.17, 15) is 19.5 Å². The van der Waals surface area contributed by atoms with E-state index in [-0.39, 0.29) is 40.0 Å². The third-order valence-corrected chi connectivity index (χ3v) is 7.17. The molecular formula is C25H28N10O4S. The van der Waals surface area contributed by atoms with Gasteiger partial charge in [-0.1, -0.05) is 20.8 Å². The number of carbonyl (C=O) groups is 2. The van der Waals surface area contributed by atoms with Crippen molar-refractivity contribution in [2.75, 3.05) is 23.3 Å². The van der Waals surface area contributed by atoms with Gasteiger partial charge in [-0.15, -0.1) is 21.5 Å². The number of pyridine rings is 1. The summed E-state index contributed by atoms with van der Waals surface area (Å²) in [5.41, 5.74) is 1.22. The van der Waals surface area contributed by atoms with Crippen LogP contribution in [-0.2, 0) is 5.41 Å². The number of thiazole rings is 1. The third-order valence-electron chi connectivity index (χ3n) is 6.41. The second-order valence-corrected chi connectivity index (χ2v) is 11.2. The molecule has 1 fully saturated rings. The zero-order chi connectivity index (χ0) is 28.4. The van der Waals surface area contributed by atoms with Crippen molar-refractivity contribution in [3.8, 4) is 0 Å². The fraction of sp³-hybridized carbons (Fsp3) is 0.360. The van der Waals surface area contributed by atoms with Crippen LogP contribution in [0.3, 0.4) is 0 Å². The van der Waals surface area contributed by atoms with Crippen molar-refractivity contribution in [2.45, 2.75) is 45.1 Å². The molecule has 1 saturated heterocycles. The molecule has 0 aliphatic carbocycles. The maximum atomic E-state index is 13.6. The topological polar surface area (TPSA) is 183 Å². The van der Waals surface area contributed by atoms with Gasteiger partial charge in [0.05, 0.1) is 11.3 Å². The minimum absolute atomic E-state index is 0.146. The number of hydrogen-bond acceptors (Lipinski definition) is 10. The molecule has 4 aromatic rings. The number of piperidine rings is 1. The molecule has 4 N–H and O–H groups in total. The third kappa shape index (κ3) is 5.83. The van der Waals surface area contributed by atoms with E-state index in [1.54, 1.807) is 18.2 Å². The number of aromatic nitrogens is 7. The molecule has 1 aliphatic rings. The summed E-state index contributed by atoms with van der Waals surface area (Å²) in [6.07, 6.45) is 4.86. The number of tetrazole rings is 1. The molecule has 4 aromatic heterocycles. The summed E-state index contributed by atoms with van der Waals surface area (Å²) >= 11 is 1.34. The van der Waals surface area contributed by atoms with Crippen LogP contribution in [0.25, 0.3) is 17.8 Å². The predicted molar refractivity (Wildman–Crippen MR) is 150 cm³/mol. The van der Waals surface area contributed by atoms with Crippen molar-refractivity contribution < 1.29 is 14.7 Å². The maximum absolute atomic E-state index is 13.6. The molecule has 2 amide bonds. The molecular weight excluding hydrogens is 536 g/mol. The molecule has 40 heavy (non-hydrogen) atoms. The van der Waals surface area contributed by atoms with Gasteiger partial charge in [-0.05, 0) is 42.3 Å². The Morgan fingerprint density at radius 2 is 2.08 bits per heavy atom. The number of amides is 2. The molecule has 0 bridgehead atoms. The molecule has 0 radical (unpaired) electrons. The molecule has 15 heteroatoms. The van der Waals surface area contributed by atoms with Crippen molar-refractivity contribution in [2.24, 2.45) is 0 Å². The molecule has 0 saturated carbocycles. The molecule has 0 unspecified atom stereocenters. The lowest BCUT2D eigenvalue weighted by atomic mass is 9.93. The zero-order valence-corrected chi connectivity index (χ0v) is 22.9. The van der Waals surface area contributed by atoms with E-state index in [0.717, 1.165) is 5.69 Å². The van der Waals surface area contributed by atoms with Crippen LogP contribution in [0.4, 0.5) is 15.7 Å². The van der Waals surface area contributed by atoms with Crippen LogP contribution < -0.4 is 21.1 Å². The number of H-pyrrole nitrogens is 1. The first kappa shape index (κ1) is 26.9. The number of aromatic amines is 1. The van der Waals surface area contributed by atoms with Gasteiger partial charge in [0.25, 0.3) is 11.5 Å². The Morgan fingerprint density at radius 1 is 1.25 bits per heavy atom. The maximum Gasteiger partial charge on any atom is 0.404 e. The van der Waals surface area contributed by atoms with E-state index in [4.69, 9.17) is 4.98 Å². The summed E-state index contributed by atoms with van der Waals surface area (Å²) in [5.74, 6) is 0.273. The summed E-state index contributed by atoms with van der Waals surface area (Å²) in [7, 11) is 0. The summed E-state index contributed by atoms with van der Waals surface area (Å²) in [6.45, 7) is 7.05. The van der Waals surface area contributed by atoms with Crippen molar-refractivity contribution in [1.29, 1.82) is 0 Å². The molecule has 1 aliphatic heterocycles.